The van der Waals surface area contributed by atoms with Gasteiger partial charge in [-0.1, -0.05) is 6.42 Å². The van der Waals surface area contributed by atoms with Gasteiger partial charge in [-0.2, -0.15) is 0 Å². The molecule has 2 aliphatic heterocycles. The average molecular weight is 399 g/mol. The number of nitrogens with one attached hydrogen (secondary N) is 1. The van der Waals surface area contributed by atoms with Gasteiger partial charge in [0.2, 0.25) is 11.8 Å². The minimum atomic E-state index is 0.188. The fraction of sp³-hybridized carbons (Fsp3) is 0.696. The summed E-state index contributed by atoms with van der Waals surface area (Å²) >= 11 is 0. The standard InChI is InChI=1S/C23H34N4O2/c28-22(16-18-4-10-24-11-5-18)27-14-8-21(9-15-27)26-12-6-20(7-13-26)23(29)25-17-19-2-1-3-19/h4-5,10-11,19-21H,1-3,6-9,12-17H2,(H,25,29). The fourth-order valence-electron chi connectivity index (χ4n) is 4.88. The van der Waals surface area contributed by atoms with Gasteiger partial charge >= 0.3 is 0 Å². The highest BCUT2D eigenvalue weighted by atomic mass is 16.2. The molecule has 0 spiro atoms. The first-order chi connectivity index (χ1) is 14.2. The molecule has 3 heterocycles. The maximum Gasteiger partial charge on any atom is 0.226 e. The second-order valence-electron chi connectivity index (χ2n) is 9.00. The Morgan fingerprint density at radius 1 is 0.966 bits per heavy atom. The van der Waals surface area contributed by atoms with Crippen LogP contribution in [0.3, 0.4) is 0 Å². The lowest BCUT2D eigenvalue weighted by Crippen LogP contribution is -2.50. The Kier molecular flexibility index (Phi) is 6.80. The SMILES string of the molecule is O=C(NCC1CCC1)C1CCN(C2CCN(C(=O)Cc3ccncc3)CC2)CC1. The maximum absolute atomic E-state index is 12.6. The van der Waals surface area contributed by atoms with Crippen molar-refractivity contribution in [3.05, 3.63) is 30.1 Å². The molecule has 0 unspecified atom stereocenters. The molecule has 6 heteroatoms. The quantitative estimate of drug-likeness (QED) is 0.798. The molecule has 4 rings (SSSR count). The Balaban J connectivity index is 1.16. The van der Waals surface area contributed by atoms with E-state index in [0.717, 1.165) is 69.9 Å². The van der Waals surface area contributed by atoms with Gasteiger partial charge in [-0.05, 0) is 75.2 Å². The van der Waals surface area contributed by atoms with Crippen molar-refractivity contribution < 1.29 is 9.59 Å². The summed E-state index contributed by atoms with van der Waals surface area (Å²) in [6.45, 7) is 4.59. The molecule has 0 aromatic carbocycles. The minimum Gasteiger partial charge on any atom is -0.356 e. The van der Waals surface area contributed by atoms with E-state index in [1.165, 1.54) is 19.3 Å². The summed E-state index contributed by atoms with van der Waals surface area (Å²) < 4.78 is 0. The summed E-state index contributed by atoms with van der Waals surface area (Å²) in [7, 11) is 0. The van der Waals surface area contributed by atoms with Crippen molar-refractivity contribution in [2.45, 2.75) is 57.4 Å². The predicted molar refractivity (Wildman–Crippen MR) is 112 cm³/mol. The van der Waals surface area contributed by atoms with Crippen LogP contribution < -0.4 is 5.32 Å². The smallest absolute Gasteiger partial charge is 0.226 e. The lowest BCUT2D eigenvalue weighted by atomic mass is 9.85. The molecule has 0 atom stereocenters. The van der Waals surface area contributed by atoms with Crippen LogP contribution in [0.2, 0.25) is 0 Å². The zero-order valence-corrected chi connectivity index (χ0v) is 17.4. The van der Waals surface area contributed by atoms with Crippen molar-refractivity contribution in [3.63, 3.8) is 0 Å². The van der Waals surface area contributed by atoms with Crippen LogP contribution in [0.15, 0.2) is 24.5 Å². The molecule has 2 saturated heterocycles. The molecular formula is C23H34N4O2. The molecule has 0 radical (unpaired) electrons. The monoisotopic (exact) mass is 398 g/mol. The van der Waals surface area contributed by atoms with Crippen LogP contribution in [0.1, 0.15) is 50.5 Å². The zero-order chi connectivity index (χ0) is 20.1. The van der Waals surface area contributed by atoms with Crippen LogP contribution in [-0.4, -0.2) is 65.4 Å². The van der Waals surface area contributed by atoms with Crippen molar-refractivity contribution in [2.75, 3.05) is 32.7 Å². The highest BCUT2D eigenvalue weighted by Crippen LogP contribution is 2.27. The van der Waals surface area contributed by atoms with E-state index in [1.54, 1.807) is 12.4 Å². The molecular weight excluding hydrogens is 364 g/mol. The van der Waals surface area contributed by atoms with Gasteiger partial charge in [-0.25, -0.2) is 0 Å². The number of hydrogen-bond acceptors (Lipinski definition) is 4. The summed E-state index contributed by atoms with van der Waals surface area (Å²) in [6.07, 6.45) is 11.9. The van der Waals surface area contributed by atoms with E-state index in [9.17, 15) is 9.59 Å². The average Bonchev–Trinajstić information content (AvgIpc) is 2.73. The Morgan fingerprint density at radius 2 is 1.66 bits per heavy atom. The molecule has 6 nitrogen and oxygen atoms in total. The molecule has 158 valence electrons. The van der Waals surface area contributed by atoms with Gasteiger partial charge in [0.25, 0.3) is 0 Å². The van der Waals surface area contributed by atoms with Crippen LogP contribution >= 0.6 is 0 Å². The third-order valence-electron chi connectivity index (χ3n) is 7.13. The lowest BCUT2D eigenvalue weighted by molar-refractivity contribution is -0.132. The van der Waals surface area contributed by atoms with Crippen molar-refractivity contribution in [2.24, 2.45) is 11.8 Å². The third kappa shape index (κ3) is 5.35. The highest BCUT2D eigenvalue weighted by Gasteiger charge is 2.32. The van der Waals surface area contributed by atoms with Gasteiger partial charge in [-0.3, -0.25) is 14.6 Å². The number of likely N-dealkylation sites (tertiary alicyclic amines) is 2. The van der Waals surface area contributed by atoms with Crippen molar-refractivity contribution in [3.8, 4) is 0 Å². The van der Waals surface area contributed by atoms with Crippen LogP contribution in [0.4, 0.5) is 0 Å². The van der Waals surface area contributed by atoms with E-state index < -0.39 is 0 Å². The molecule has 2 amide bonds. The molecule has 1 saturated carbocycles. The van der Waals surface area contributed by atoms with E-state index in [0.29, 0.717) is 12.5 Å². The number of aromatic nitrogens is 1. The molecule has 3 fully saturated rings. The summed E-state index contributed by atoms with van der Waals surface area (Å²) in [5, 5.41) is 3.18. The largest absolute Gasteiger partial charge is 0.356 e. The number of carbonyl (C=O) groups is 2. The summed E-state index contributed by atoms with van der Waals surface area (Å²) in [4.78, 5) is 33.5. The van der Waals surface area contributed by atoms with E-state index in [-0.39, 0.29) is 17.7 Å². The molecule has 1 N–H and O–H groups in total. The van der Waals surface area contributed by atoms with Gasteiger partial charge < -0.3 is 15.1 Å². The minimum absolute atomic E-state index is 0.188. The summed E-state index contributed by atoms with van der Waals surface area (Å²) in [5.41, 5.74) is 1.03. The second-order valence-corrected chi connectivity index (χ2v) is 9.00. The van der Waals surface area contributed by atoms with Crippen LogP contribution in [0.25, 0.3) is 0 Å². The Morgan fingerprint density at radius 3 is 2.28 bits per heavy atom. The van der Waals surface area contributed by atoms with Crippen LogP contribution in [0.5, 0.6) is 0 Å². The first kappa shape index (κ1) is 20.3. The van der Waals surface area contributed by atoms with Gasteiger partial charge in [-0.15, -0.1) is 0 Å². The van der Waals surface area contributed by atoms with E-state index >= 15 is 0 Å². The molecule has 1 aromatic rings. The number of piperidine rings is 2. The second kappa shape index (κ2) is 9.70. The Hall–Kier alpha value is -1.95. The zero-order valence-electron chi connectivity index (χ0n) is 17.4. The van der Waals surface area contributed by atoms with Crippen molar-refractivity contribution in [1.29, 1.82) is 0 Å². The fourth-order valence-corrected chi connectivity index (χ4v) is 4.88. The van der Waals surface area contributed by atoms with Crippen molar-refractivity contribution in [1.82, 2.24) is 20.1 Å². The first-order valence-electron chi connectivity index (χ1n) is 11.4. The van der Waals surface area contributed by atoms with Crippen LogP contribution in [-0.2, 0) is 16.0 Å². The summed E-state index contributed by atoms with van der Waals surface area (Å²) in [5.74, 6) is 1.41. The number of rotatable bonds is 6. The number of hydrogen-bond donors (Lipinski definition) is 1. The lowest BCUT2D eigenvalue weighted by Gasteiger charge is -2.41. The normalized spacial score (nSPS) is 22.3. The molecule has 1 aliphatic carbocycles. The van der Waals surface area contributed by atoms with E-state index in [2.05, 4.69) is 15.2 Å². The molecule has 1 aromatic heterocycles. The topological polar surface area (TPSA) is 65.5 Å². The number of pyridine rings is 1. The van der Waals surface area contributed by atoms with E-state index in [4.69, 9.17) is 0 Å². The number of carbonyl (C=O) groups excluding carboxylic acids is 2. The highest BCUT2D eigenvalue weighted by molar-refractivity contribution is 5.79. The van der Waals surface area contributed by atoms with Gasteiger partial charge in [0, 0.05) is 44.0 Å². The Bertz CT molecular complexity index is 675. The van der Waals surface area contributed by atoms with E-state index in [1.807, 2.05) is 17.0 Å². The predicted octanol–water partition coefficient (Wildman–Crippen LogP) is 2.24. The maximum atomic E-state index is 12.6. The van der Waals surface area contributed by atoms with Crippen LogP contribution in [0, 0.1) is 11.8 Å². The molecule has 29 heavy (non-hydrogen) atoms. The number of amides is 2. The first-order valence-corrected chi connectivity index (χ1v) is 11.4. The Labute approximate surface area is 174 Å². The number of nitrogens with zero attached hydrogens (tertiary/aromatic N) is 3. The summed E-state index contributed by atoms with van der Waals surface area (Å²) in [6, 6.07) is 4.38. The van der Waals surface area contributed by atoms with Gasteiger partial charge in [0.1, 0.15) is 0 Å². The van der Waals surface area contributed by atoms with Gasteiger partial charge in [0.15, 0.2) is 0 Å². The molecule has 0 bridgehead atoms. The van der Waals surface area contributed by atoms with Crippen molar-refractivity contribution >= 4 is 11.8 Å². The molecule has 3 aliphatic rings. The third-order valence-corrected chi connectivity index (χ3v) is 7.13. The van der Waals surface area contributed by atoms with Gasteiger partial charge in [0.05, 0.1) is 6.42 Å².